The largest absolute Gasteiger partial charge is 0.464 e. The van der Waals surface area contributed by atoms with Crippen LogP contribution in [0.2, 0.25) is 0 Å². The first-order valence-electron chi connectivity index (χ1n) is 25.8. The van der Waals surface area contributed by atoms with Crippen molar-refractivity contribution in [1.29, 1.82) is 0 Å². The maximum Gasteiger partial charge on any atom is 0.324 e. The summed E-state index contributed by atoms with van der Waals surface area (Å²) in [6.45, 7) is 21.8. The number of aromatic nitrogens is 3. The number of carbonyl (C=O) groups excluding carboxylic acids is 3. The van der Waals surface area contributed by atoms with Crippen molar-refractivity contribution >= 4 is 45.7 Å². The Hall–Kier alpha value is -4.45. The number of benzene rings is 1. The molecular formula is C53H74N10O5S. The summed E-state index contributed by atoms with van der Waals surface area (Å²) < 4.78 is 14.7. The van der Waals surface area contributed by atoms with Gasteiger partial charge in [-0.3, -0.25) is 34.2 Å². The number of anilines is 1. The summed E-state index contributed by atoms with van der Waals surface area (Å²) in [5.74, 6) is -0.767. The molecule has 69 heavy (non-hydrogen) atoms. The van der Waals surface area contributed by atoms with Gasteiger partial charge >= 0.3 is 5.97 Å². The van der Waals surface area contributed by atoms with E-state index in [0.29, 0.717) is 25.8 Å². The maximum absolute atomic E-state index is 14.7. The minimum Gasteiger partial charge on any atom is -0.464 e. The van der Waals surface area contributed by atoms with Crippen LogP contribution in [0.4, 0.5) is 5.69 Å². The van der Waals surface area contributed by atoms with E-state index in [2.05, 4.69) is 107 Å². The molecule has 1 saturated carbocycles. The van der Waals surface area contributed by atoms with E-state index >= 15 is 0 Å². The first kappa shape index (κ1) is 48.2. The van der Waals surface area contributed by atoms with E-state index in [1.807, 2.05) is 6.20 Å². The highest BCUT2D eigenvalue weighted by molar-refractivity contribution is 7.10. The molecule has 6 aliphatic rings. The van der Waals surface area contributed by atoms with Gasteiger partial charge in [-0.25, -0.2) is 10.4 Å². The van der Waals surface area contributed by atoms with Crippen LogP contribution < -0.4 is 21.0 Å². The summed E-state index contributed by atoms with van der Waals surface area (Å²) in [6.07, 6.45) is 8.56. The highest BCUT2D eigenvalue weighted by Gasteiger charge is 2.45. The number of ether oxygens (including phenoxy) is 2. The normalized spacial score (nSPS) is 25.9. The van der Waals surface area contributed by atoms with Gasteiger partial charge in [-0.2, -0.15) is 0 Å². The van der Waals surface area contributed by atoms with E-state index in [4.69, 9.17) is 19.4 Å². The smallest absolute Gasteiger partial charge is 0.324 e. The average molecular weight is 963 g/mol. The van der Waals surface area contributed by atoms with Crippen molar-refractivity contribution in [1.82, 2.24) is 45.4 Å². The molecule has 0 unspecified atom stereocenters. The topological polar surface area (TPSA) is 149 Å². The van der Waals surface area contributed by atoms with Crippen LogP contribution in [0, 0.1) is 16.7 Å². The fraction of sp³-hybridized carbons (Fsp3) is 0.642. The third-order valence-corrected chi connectivity index (χ3v) is 16.9. The van der Waals surface area contributed by atoms with Crippen LogP contribution in [0.5, 0.6) is 0 Å². The molecule has 3 N–H and O–H groups in total. The Morgan fingerprint density at radius 3 is 2.58 bits per heavy atom. The predicted molar refractivity (Wildman–Crippen MR) is 271 cm³/mol. The van der Waals surface area contributed by atoms with Gasteiger partial charge in [0.25, 0.3) is 5.91 Å². The summed E-state index contributed by atoms with van der Waals surface area (Å²) in [5, 5.41) is 12.3. The van der Waals surface area contributed by atoms with Crippen LogP contribution in [-0.4, -0.2) is 144 Å². The zero-order chi connectivity index (χ0) is 48.2. The molecule has 372 valence electrons. The lowest BCUT2D eigenvalue weighted by molar-refractivity contribution is -0.155. The maximum atomic E-state index is 14.7. The molecule has 4 saturated heterocycles. The lowest BCUT2D eigenvalue weighted by Crippen LogP contribution is -2.62. The molecule has 1 spiro atoms. The number of hydrogen-bond acceptors (Lipinski definition) is 13. The van der Waals surface area contributed by atoms with Crippen LogP contribution in [-0.2, 0) is 43.2 Å². The molecule has 16 heteroatoms. The van der Waals surface area contributed by atoms with Crippen LogP contribution in [0.1, 0.15) is 102 Å². The number of piperazine rings is 1. The second kappa shape index (κ2) is 19.6. The SMILES string of the molecule is CCn1c(-c2cc(N3CCN(C4CC4)CC3)cnc2[C@H](C)OC)c2c3cc(ccc31)-c1csc(n1)C[C@H](NC(=O)[C@H](C(C)C)N1CC[C@]3(CCNC3)C1)C(=O)N1CCC[C@H](N1)C(=O)OCC(C)(C)C2. The lowest BCUT2D eigenvalue weighted by atomic mass is 9.84. The zero-order valence-corrected chi connectivity index (χ0v) is 42.8. The van der Waals surface area contributed by atoms with E-state index in [1.165, 1.54) is 29.2 Å². The Morgan fingerprint density at radius 2 is 1.86 bits per heavy atom. The Balaban J connectivity index is 1.03. The number of nitrogens with zero attached hydrogens (tertiary/aromatic N) is 7. The van der Waals surface area contributed by atoms with Crippen LogP contribution in [0.3, 0.4) is 0 Å². The van der Waals surface area contributed by atoms with Crippen LogP contribution in [0.15, 0.2) is 35.8 Å². The van der Waals surface area contributed by atoms with Gasteiger partial charge in [0.1, 0.15) is 12.1 Å². The second-order valence-corrected chi connectivity index (χ2v) is 23.0. The standard InChI is InChI=1S/C53H74N10O5S/c1-8-62-44-14-11-35-24-38(44)40(48(62)39-25-37(28-55-46(39)34(4)67-7)60-22-20-59(21-23-60)36-12-13-36)27-52(5,6)32-68-51(66)41-10-9-18-63(58-41)50(65)42(26-45-56-43(35)29-69-45)57-49(64)47(33(2)3)61-19-16-53(31-61)15-17-54-30-53/h11,14,24-25,28-29,33-34,36,41-42,47,54,58H,8-10,12-13,15-23,26-27,30-32H2,1-7H3,(H,57,64)/t34-,41-,42-,47-,53-/m0/s1. The molecule has 15 nitrogen and oxygen atoms in total. The number of fused-ring (bicyclic) bond motifs is 6. The summed E-state index contributed by atoms with van der Waals surface area (Å²) in [6, 6.07) is 7.73. The summed E-state index contributed by atoms with van der Waals surface area (Å²) in [5.41, 5.74) is 11.2. The second-order valence-electron chi connectivity index (χ2n) is 22.1. The van der Waals surface area contributed by atoms with Gasteiger partial charge in [-0.1, -0.05) is 33.8 Å². The Kier molecular flexibility index (Phi) is 13.7. The third kappa shape index (κ3) is 9.82. The number of likely N-dealkylation sites (tertiary alicyclic amines) is 1. The highest BCUT2D eigenvalue weighted by atomic mass is 32.1. The molecule has 0 radical (unpaired) electrons. The number of hydrogen-bond donors (Lipinski definition) is 3. The minimum atomic E-state index is -0.895. The van der Waals surface area contributed by atoms with Crippen molar-refractivity contribution in [2.45, 2.75) is 130 Å². The summed E-state index contributed by atoms with van der Waals surface area (Å²) in [7, 11) is 1.74. The number of thiazole rings is 1. The van der Waals surface area contributed by atoms with Gasteiger partial charge in [0, 0.05) is 105 Å². The van der Waals surface area contributed by atoms with E-state index in [-0.39, 0.29) is 54.3 Å². The Labute approximate surface area is 412 Å². The zero-order valence-electron chi connectivity index (χ0n) is 41.9. The van der Waals surface area contributed by atoms with Gasteiger partial charge in [-0.15, -0.1) is 11.3 Å². The third-order valence-electron chi connectivity index (χ3n) is 16.1. The number of cyclic esters (lactones) is 1. The average Bonchev–Trinajstić information content (AvgIpc) is 3.60. The van der Waals surface area contributed by atoms with Crippen LogP contribution in [0.25, 0.3) is 33.4 Å². The number of methoxy groups -OCH3 is 1. The number of amides is 2. The van der Waals surface area contributed by atoms with Gasteiger partial charge < -0.3 is 29.6 Å². The van der Waals surface area contributed by atoms with Crippen molar-refractivity contribution in [2.24, 2.45) is 16.7 Å². The number of nitrogens with one attached hydrogen (secondary N) is 3. The molecule has 2 amide bonds. The Morgan fingerprint density at radius 1 is 1.04 bits per heavy atom. The molecule has 5 fully saturated rings. The molecule has 1 aromatic carbocycles. The molecule has 6 bridgehead atoms. The lowest BCUT2D eigenvalue weighted by Gasteiger charge is -2.36. The van der Waals surface area contributed by atoms with Crippen LogP contribution >= 0.6 is 11.3 Å². The van der Waals surface area contributed by atoms with Crippen molar-refractivity contribution in [2.75, 3.05) is 77.5 Å². The van der Waals surface area contributed by atoms with E-state index in [9.17, 15) is 14.4 Å². The van der Waals surface area contributed by atoms with Crippen molar-refractivity contribution < 1.29 is 23.9 Å². The molecule has 8 heterocycles. The van der Waals surface area contributed by atoms with Crippen molar-refractivity contribution in [3.8, 4) is 22.5 Å². The monoisotopic (exact) mass is 963 g/mol. The van der Waals surface area contributed by atoms with Gasteiger partial charge in [-0.05, 0) is 107 Å². The van der Waals surface area contributed by atoms with Gasteiger partial charge in [0.15, 0.2) is 0 Å². The fourth-order valence-corrected chi connectivity index (χ4v) is 12.9. The summed E-state index contributed by atoms with van der Waals surface area (Å²) in [4.78, 5) is 61.2. The first-order chi connectivity index (χ1) is 33.2. The number of pyridine rings is 1. The number of carbonyl (C=O) groups is 3. The minimum absolute atomic E-state index is 0.0395. The first-order valence-corrected chi connectivity index (χ1v) is 26.7. The van der Waals surface area contributed by atoms with Gasteiger partial charge in [0.05, 0.1) is 52.7 Å². The molecule has 3 aromatic heterocycles. The molecule has 1 aliphatic carbocycles. The number of hydrazine groups is 1. The predicted octanol–water partition coefficient (Wildman–Crippen LogP) is 6.20. The fourth-order valence-electron chi connectivity index (χ4n) is 12.1. The summed E-state index contributed by atoms with van der Waals surface area (Å²) >= 11 is 1.51. The van der Waals surface area contributed by atoms with E-state index in [1.54, 1.807) is 7.11 Å². The molecule has 5 aliphatic heterocycles. The number of aryl methyl sites for hydroxylation is 1. The quantitative estimate of drug-likeness (QED) is 0.156. The molecule has 10 rings (SSSR count). The van der Waals surface area contributed by atoms with Crippen molar-refractivity contribution in [3.05, 3.63) is 52.1 Å². The van der Waals surface area contributed by atoms with E-state index < -0.39 is 17.5 Å². The number of esters is 1. The Bertz CT molecular complexity index is 2540. The highest BCUT2D eigenvalue weighted by Crippen LogP contribution is 2.44. The molecule has 5 atom stereocenters. The molecular weight excluding hydrogens is 889 g/mol. The number of rotatable bonds is 10. The van der Waals surface area contributed by atoms with E-state index in [0.717, 1.165) is 133 Å². The van der Waals surface area contributed by atoms with Crippen molar-refractivity contribution in [3.63, 3.8) is 0 Å². The molecule has 4 aromatic rings. The van der Waals surface area contributed by atoms with Gasteiger partial charge in [0.2, 0.25) is 5.91 Å².